The van der Waals surface area contributed by atoms with E-state index in [1.807, 2.05) is 18.2 Å². The van der Waals surface area contributed by atoms with Gasteiger partial charge in [0, 0.05) is 15.5 Å². The van der Waals surface area contributed by atoms with Crippen LogP contribution in [-0.2, 0) is 4.74 Å². The zero-order chi connectivity index (χ0) is 9.26. The Kier molecular flexibility index (Phi) is 2.02. The molecule has 0 saturated carbocycles. The molecule has 2 rings (SSSR count). The quantitative estimate of drug-likeness (QED) is 0.647. The van der Waals surface area contributed by atoms with Crippen LogP contribution in [0.4, 0.5) is 0 Å². The van der Waals surface area contributed by atoms with Crippen LogP contribution in [0.2, 0.25) is 0 Å². The van der Waals surface area contributed by atoms with E-state index < -0.39 is 0 Å². The number of thiophene rings is 1. The molecule has 0 spiro atoms. The van der Waals surface area contributed by atoms with Gasteiger partial charge in [-0.1, -0.05) is 6.07 Å². The third kappa shape index (κ3) is 1.31. The van der Waals surface area contributed by atoms with Crippen molar-refractivity contribution in [2.45, 2.75) is 0 Å². The topological polar surface area (TPSA) is 26.3 Å². The van der Waals surface area contributed by atoms with E-state index >= 15 is 0 Å². The minimum atomic E-state index is -0.294. The van der Waals surface area contributed by atoms with Gasteiger partial charge in [-0.2, -0.15) is 0 Å². The lowest BCUT2D eigenvalue weighted by molar-refractivity contribution is 0.0603. The van der Waals surface area contributed by atoms with Gasteiger partial charge in [0.15, 0.2) is 0 Å². The van der Waals surface area contributed by atoms with Gasteiger partial charge in [0.2, 0.25) is 0 Å². The maximum absolute atomic E-state index is 11.3. The third-order valence-corrected chi connectivity index (χ3v) is 2.66. The van der Waals surface area contributed by atoms with Crippen molar-refractivity contribution in [1.82, 2.24) is 0 Å². The Bertz CT molecular complexity index is 445. The van der Waals surface area contributed by atoms with Gasteiger partial charge in [-0.15, -0.1) is 11.3 Å². The molecule has 1 radical (unpaired) electrons. The summed E-state index contributed by atoms with van der Waals surface area (Å²) in [5.74, 6) is -0.294. The Balaban J connectivity index is 2.67. The summed E-state index contributed by atoms with van der Waals surface area (Å²) in [6.07, 6.45) is 0. The Labute approximate surface area is 79.8 Å². The standard InChI is InChI=1S/C10H7O2S/c1-12-10(11)8-3-2-4-9-7(8)5-6-13-9/h2-5H,1H3. The van der Waals surface area contributed by atoms with Crippen molar-refractivity contribution < 1.29 is 9.53 Å². The molecule has 0 unspecified atom stereocenters. The molecule has 0 amide bonds. The average Bonchev–Trinajstić information content (AvgIpc) is 2.63. The largest absolute Gasteiger partial charge is 0.465 e. The molecular weight excluding hydrogens is 184 g/mol. The highest BCUT2D eigenvalue weighted by Crippen LogP contribution is 2.23. The summed E-state index contributed by atoms with van der Waals surface area (Å²) in [4.78, 5) is 11.3. The van der Waals surface area contributed by atoms with Crippen molar-refractivity contribution in [1.29, 1.82) is 0 Å². The molecule has 0 aliphatic heterocycles. The number of ether oxygens (including phenoxy) is 1. The maximum Gasteiger partial charge on any atom is 0.338 e. The second-order valence-corrected chi connectivity index (χ2v) is 3.45. The summed E-state index contributed by atoms with van der Waals surface area (Å²) in [5.41, 5.74) is 0.609. The van der Waals surface area contributed by atoms with E-state index in [-0.39, 0.29) is 5.97 Å². The minimum Gasteiger partial charge on any atom is -0.465 e. The lowest BCUT2D eigenvalue weighted by atomic mass is 10.1. The molecule has 0 aliphatic carbocycles. The van der Waals surface area contributed by atoms with Crippen LogP contribution in [0.15, 0.2) is 24.3 Å². The van der Waals surface area contributed by atoms with Crippen LogP contribution in [0.1, 0.15) is 10.4 Å². The van der Waals surface area contributed by atoms with E-state index in [0.717, 1.165) is 10.1 Å². The molecule has 0 bridgehead atoms. The first-order valence-corrected chi connectivity index (χ1v) is 4.61. The Morgan fingerprint density at radius 1 is 1.54 bits per heavy atom. The Morgan fingerprint density at radius 2 is 2.38 bits per heavy atom. The molecule has 2 nitrogen and oxygen atoms in total. The van der Waals surface area contributed by atoms with Crippen LogP contribution in [0, 0.1) is 5.38 Å². The molecule has 1 heterocycles. The van der Waals surface area contributed by atoms with Crippen LogP contribution in [-0.4, -0.2) is 13.1 Å². The van der Waals surface area contributed by atoms with E-state index in [9.17, 15) is 4.79 Å². The predicted molar refractivity (Wildman–Crippen MR) is 52.0 cm³/mol. The maximum atomic E-state index is 11.3. The number of methoxy groups -OCH3 is 1. The van der Waals surface area contributed by atoms with Gasteiger partial charge in [-0.05, 0) is 18.2 Å². The summed E-state index contributed by atoms with van der Waals surface area (Å²) in [6, 6.07) is 7.38. The molecule has 65 valence electrons. The lowest BCUT2D eigenvalue weighted by Crippen LogP contribution is -2.00. The first-order valence-electron chi connectivity index (χ1n) is 3.80. The summed E-state index contributed by atoms with van der Waals surface area (Å²) >= 11 is 1.50. The van der Waals surface area contributed by atoms with E-state index in [4.69, 9.17) is 0 Å². The van der Waals surface area contributed by atoms with Gasteiger partial charge in [0.25, 0.3) is 0 Å². The number of hydrogen-bond donors (Lipinski definition) is 0. The van der Waals surface area contributed by atoms with Gasteiger partial charge in [-0.25, -0.2) is 4.79 Å². The van der Waals surface area contributed by atoms with E-state index in [0.29, 0.717) is 5.56 Å². The average molecular weight is 191 g/mol. The molecule has 0 atom stereocenters. The van der Waals surface area contributed by atoms with Gasteiger partial charge in [0.05, 0.1) is 12.7 Å². The summed E-state index contributed by atoms with van der Waals surface area (Å²) in [6.45, 7) is 0. The zero-order valence-electron chi connectivity index (χ0n) is 7.03. The second kappa shape index (κ2) is 3.18. The zero-order valence-corrected chi connectivity index (χ0v) is 7.85. The molecule has 0 saturated heterocycles. The number of carbonyl (C=O) groups excluding carboxylic acids is 1. The molecule has 0 fully saturated rings. The van der Waals surface area contributed by atoms with Crippen LogP contribution in [0.3, 0.4) is 0 Å². The Hall–Kier alpha value is -1.35. The fourth-order valence-corrected chi connectivity index (χ4v) is 1.95. The molecule has 13 heavy (non-hydrogen) atoms. The monoisotopic (exact) mass is 191 g/mol. The van der Waals surface area contributed by atoms with Crippen molar-refractivity contribution in [3.63, 3.8) is 0 Å². The number of benzene rings is 1. The first-order chi connectivity index (χ1) is 6.33. The fraction of sp³-hybridized carbons (Fsp3) is 0.100. The van der Waals surface area contributed by atoms with Crippen molar-refractivity contribution in [3.8, 4) is 0 Å². The Morgan fingerprint density at radius 3 is 3.15 bits per heavy atom. The lowest BCUT2D eigenvalue weighted by Gasteiger charge is -1.99. The van der Waals surface area contributed by atoms with Crippen LogP contribution < -0.4 is 0 Å². The molecule has 3 heteroatoms. The summed E-state index contributed by atoms with van der Waals surface area (Å²) in [7, 11) is 1.39. The molecule has 2 aromatic rings. The van der Waals surface area contributed by atoms with Gasteiger partial charge < -0.3 is 4.74 Å². The minimum absolute atomic E-state index is 0.294. The molecule has 1 aromatic heterocycles. The highest BCUT2D eigenvalue weighted by molar-refractivity contribution is 7.16. The summed E-state index contributed by atoms with van der Waals surface area (Å²) < 4.78 is 5.72. The molecule has 0 aliphatic rings. The van der Waals surface area contributed by atoms with Crippen LogP contribution >= 0.6 is 11.3 Å². The van der Waals surface area contributed by atoms with E-state index in [1.165, 1.54) is 18.4 Å². The van der Waals surface area contributed by atoms with Crippen LogP contribution in [0.25, 0.3) is 10.1 Å². The molecular formula is C10H7O2S. The highest BCUT2D eigenvalue weighted by atomic mass is 32.1. The number of carbonyl (C=O) groups is 1. The van der Waals surface area contributed by atoms with E-state index in [2.05, 4.69) is 10.1 Å². The number of rotatable bonds is 1. The SMILES string of the molecule is COC(=O)c1cccc2s[c]cc12. The van der Waals surface area contributed by atoms with Crippen molar-refractivity contribution in [3.05, 3.63) is 35.2 Å². The third-order valence-electron chi connectivity index (χ3n) is 1.84. The molecule has 0 N–H and O–H groups in total. The van der Waals surface area contributed by atoms with Crippen molar-refractivity contribution >= 4 is 27.4 Å². The van der Waals surface area contributed by atoms with E-state index in [1.54, 1.807) is 6.07 Å². The van der Waals surface area contributed by atoms with Gasteiger partial charge >= 0.3 is 5.97 Å². The van der Waals surface area contributed by atoms with Crippen molar-refractivity contribution in [2.75, 3.05) is 7.11 Å². The number of hydrogen-bond acceptors (Lipinski definition) is 3. The fourth-order valence-electron chi connectivity index (χ4n) is 1.22. The normalized spacial score (nSPS) is 10.2. The summed E-state index contributed by atoms with van der Waals surface area (Å²) in [5, 5.41) is 3.91. The molecule has 1 aromatic carbocycles. The van der Waals surface area contributed by atoms with Crippen molar-refractivity contribution in [2.24, 2.45) is 0 Å². The smallest absolute Gasteiger partial charge is 0.338 e. The predicted octanol–water partition coefficient (Wildman–Crippen LogP) is 2.49. The number of fused-ring (bicyclic) bond motifs is 1. The first kappa shape index (κ1) is 8.26. The van der Waals surface area contributed by atoms with Gasteiger partial charge in [-0.3, -0.25) is 0 Å². The second-order valence-electron chi connectivity index (χ2n) is 2.57. The van der Waals surface area contributed by atoms with Crippen LogP contribution in [0.5, 0.6) is 0 Å². The van der Waals surface area contributed by atoms with Gasteiger partial charge in [0.1, 0.15) is 0 Å². The number of esters is 1. The highest BCUT2D eigenvalue weighted by Gasteiger charge is 2.09.